The van der Waals surface area contributed by atoms with Gasteiger partial charge in [-0.2, -0.15) is 0 Å². The first-order valence-electron chi connectivity index (χ1n) is 8.93. The summed E-state index contributed by atoms with van der Waals surface area (Å²) in [4.78, 5) is 2.18. The number of hydrogen-bond acceptors (Lipinski definition) is 4. The molecule has 2 N–H and O–H groups in total. The fourth-order valence-corrected chi connectivity index (χ4v) is 4.46. The Balaban J connectivity index is 2.70. The summed E-state index contributed by atoms with van der Waals surface area (Å²) in [5, 5.41) is 0. The first kappa shape index (κ1) is 23.5. The zero-order chi connectivity index (χ0) is 19.2. The molecule has 0 aromatic heterocycles. The van der Waals surface area contributed by atoms with Crippen molar-refractivity contribution < 1.29 is 4.58 Å². The van der Waals surface area contributed by atoms with Crippen molar-refractivity contribution in [2.75, 3.05) is 44.9 Å². The predicted molar refractivity (Wildman–Crippen MR) is 126 cm³/mol. The Morgan fingerprint density at radius 2 is 1.88 bits per heavy atom. The first-order valence-corrected chi connectivity index (χ1v) is 12.2. The van der Waals surface area contributed by atoms with E-state index in [9.17, 15) is 0 Å². The topological polar surface area (TPSA) is 32.3 Å². The number of hydrogen-bond donors (Lipinski definition) is 1. The van der Waals surface area contributed by atoms with Crippen molar-refractivity contribution >= 4 is 43.1 Å². The van der Waals surface area contributed by atoms with E-state index in [1.54, 1.807) is 0 Å². The predicted octanol–water partition coefficient (Wildman–Crippen LogP) is 3.96. The lowest BCUT2D eigenvalue weighted by atomic mass is 10.1. The summed E-state index contributed by atoms with van der Waals surface area (Å²) in [6.07, 6.45) is 9.76. The molecule has 0 saturated carbocycles. The molecule has 1 aromatic rings. The molecular formula is C20H33N3PS2+. The highest BCUT2D eigenvalue weighted by Crippen LogP contribution is 2.20. The standard InChI is InChI=1S/C20H33N3PS2/c1-4-23(13-16-26-25-15-12-21)20(11-14-24)10-9-18-5-7-19(8-6-18)17-22(2)3/h4-11H,12-17,21,24H2,1-3H3/q+1/b10-9+,20-11-,23-4-. The van der Waals surface area contributed by atoms with Gasteiger partial charge >= 0.3 is 0 Å². The van der Waals surface area contributed by atoms with Gasteiger partial charge in [-0.05, 0) is 43.5 Å². The minimum Gasteiger partial charge on any atom is -0.330 e. The van der Waals surface area contributed by atoms with E-state index >= 15 is 0 Å². The van der Waals surface area contributed by atoms with Gasteiger partial charge < -0.3 is 10.6 Å². The van der Waals surface area contributed by atoms with E-state index in [4.69, 9.17) is 5.73 Å². The molecule has 3 nitrogen and oxygen atoms in total. The average Bonchev–Trinajstić information content (AvgIpc) is 2.63. The highest BCUT2D eigenvalue weighted by atomic mass is 33.1. The van der Waals surface area contributed by atoms with Gasteiger partial charge in [-0.3, -0.25) is 0 Å². The Morgan fingerprint density at radius 3 is 2.46 bits per heavy atom. The number of nitrogens with two attached hydrogens (primary N) is 1. The monoisotopic (exact) mass is 410 g/mol. The maximum Gasteiger partial charge on any atom is 0.201 e. The molecule has 0 spiro atoms. The summed E-state index contributed by atoms with van der Waals surface area (Å²) in [6, 6.07) is 8.78. The van der Waals surface area contributed by atoms with Crippen LogP contribution in [0, 0.1) is 0 Å². The molecule has 0 heterocycles. The summed E-state index contributed by atoms with van der Waals surface area (Å²) in [5.41, 5.74) is 9.34. The van der Waals surface area contributed by atoms with Gasteiger partial charge in [0.15, 0.2) is 6.54 Å². The van der Waals surface area contributed by atoms with Crippen LogP contribution in [0.2, 0.25) is 0 Å². The molecule has 0 amide bonds. The van der Waals surface area contributed by atoms with Crippen LogP contribution < -0.4 is 5.73 Å². The normalized spacial score (nSPS) is 13.2. The highest BCUT2D eigenvalue weighted by Gasteiger charge is 2.08. The van der Waals surface area contributed by atoms with Gasteiger partial charge in [0.25, 0.3) is 0 Å². The van der Waals surface area contributed by atoms with Gasteiger partial charge in [0, 0.05) is 31.8 Å². The molecule has 0 saturated heterocycles. The third-order valence-electron chi connectivity index (χ3n) is 3.60. The van der Waals surface area contributed by atoms with Crippen LogP contribution in [-0.4, -0.2) is 60.5 Å². The van der Waals surface area contributed by atoms with Gasteiger partial charge in [-0.1, -0.05) is 45.9 Å². The summed E-state index contributed by atoms with van der Waals surface area (Å²) in [7, 11) is 10.7. The molecule has 1 atom stereocenters. The molecule has 1 unspecified atom stereocenters. The van der Waals surface area contributed by atoms with E-state index in [-0.39, 0.29) is 0 Å². The summed E-state index contributed by atoms with van der Waals surface area (Å²) < 4.78 is 2.32. The van der Waals surface area contributed by atoms with Crippen LogP contribution in [0.5, 0.6) is 0 Å². The molecule has 0 aliphatic heterocycles. The first-order chi connectivity index (χ1) is 12.6. The Kier molecular flexibility index (Phi) is 13.1. The van der Waals surface area contributed by atoms with Crippen molar-refractivity contribution in [1.29, 1.82) is 0 Å². The largest absolute Gasteiger partial charge is 0.330 e. The van der Waals surface area contributed by atoms with Crippen LogP contribution in [0.25, 0.3) is 6.08 Å². The Morgan fingerprint density at radius 1 is 1.19 bits per heavy atom. The summed E-state index contributed by atoms with van der Waals surface area (Å²) in [5.74, 6) is 2.09. The molecule has 0 bridgehead atoms. The Labute approximate surface area is 169 Å². The van der Waals surface area contributed by atoms with Crippen LogP contribution in [0.3, 0.4) is 0 Å². The van der Waals surface area contributed by atoms with Crippen LogP contribution in [-0.2, 0) is 6.54 Å². The fraction of sp³-hybridized carbons (Fsp3) is 0.450. The van der Waals surface area contributed by atoms with Crippen LogP contribution in [0.4, 0.5) is 0 Å². The van der Waals surface area contributed by atoms with Crippen molar-refractivity contribution in [2.24, 2.45) is 5.73 Å². The number of benzene rings is 1. The molecule has 144 valence electrons. The molecule has 26 heavy (non-hydrogen) atoms. The maximum atomic E-state index is 5.54. The van der Waals surface area contributed by atoms with Gasteiger partial charge in [-0.15, -0.1) is 9.24 Å². The number of rotatable bonds is 12. The van der Waals surface area contributed by atoms with Crippen molar-refractivity contribution in [3.05, 3.63) is 53.2 Å². The van der Waals surface area contributed by atoms with Crippen molar-refractivity contribution in [3.63, 3.8) is 0 Å². The third kappa shape index (κ3) is 9.94. The third-order valence-corrected chi connectivity index (χ3v) is 6.25. The van der Waals surface area contributed by atoms with E-state index in [1.165, 1.54) is 16.8 Å². The van der Waals surface area contributed by atoms with Crippen LogP contribution >= 0.6 is 30.8 Å². The van der Waals surface area contributed by atoms with Crippen molar-refractivity contribution in [2.45, 2.75) is 13.5 Å². The molecular weight excluding hydrogens is 377 g/mol. The Hall–Kier alpha value is -0.580. The zero-order valence-corrected chi connectivity index (χ0v) is 19.0. The zero-order valence-electron chi connectivity index (χ0n) is 16.2. The SMILES string of the molecule is C\C=[N+](CCSSCCN)/C(=C\CP)/C=C/c1ccc(CN(C)C)cc1. The lowest BCUT2D eigenvalue weighted by molar-refractivity contribution is -0.462. The minimum atomic E-state index is 0.746. The van der Waals surface area contributed by atoms with Gasteiger partial charge in [0.05, 0.1) is 5.75 Å². The molecule has 0 radical (unpaired) electrons. The summed E-state index contributed by atoms with van der Waals surface area (Å²) >= 11 is 0. The molecule has 0 fully saturated rings. The van der Waals surface area contributed by atoms with E-state index < -0.39 is 0 Å². The Bertz CT molecular complexity index is 596. The van der Waals surface area contributed by atoms with E-state index in [0.29, 0.717) is 0 Å². The number of nitrogens with zero attached hydrogens (tertiary/aromatic N) is 2. The molecule has 0 aliphatic carbocycles. The van der Waals surface area contributed by atoms with Crippen LogP contribution in [0.1, 0.15) is 18.1 Å². The molecule has 1 rings (SSSR count). The molecule has 0 aliphatic rings. The second-order valence-corrected chi connectivity index (χ2v) is 9.24. The van der Waals surface area contributed by atoms with Crippen molar-refractivity contribution in [3.8, 4) is 0 Å². The minimum absolute atomic E-state index is 0.746. The quantitative estimate of drug-likeness (QED) is 0.141. The van der Waals surface area contributed by atoms with Gasteiger partial charge in [0.1, 0.15) is 6.21 Å². The van der Waals surface area contributed by atoms with E-state index in [2.05, 4.69) is 88.4 Å². The average molecular weight is 411 g/mol. The lowest BCUT2D eigenvalue weighted by Gasteiger charge is -2.09. The van der Waals surface area contributed by atoms with Crippen molar-refractivity contribution in [1.82, 2.24) is 4.90 Å². The smallest absolute Gasteiger partial charge is 0.201 e. The van der Waals surface area contributed by atoms with Gasteiger partial charge in [0.2, 0.25) is 5.70 Å². The molecule has 1 aromatic carbocycles. The number of allylic oxidation sites excluding steroid dienone is 2. The van der Waals surface area contributed by atoms with Gasteiger partial charge in [-0.25, -0.2) is 4.58 Å². The lowest BCUT2D eigenvalue weighted by Crippen LogP contribution is -2.14. The van der Waals surface area contributed by atoms with Crippen LogP contribution in [0.15, 0.2) is 42.1 Å². The second kappa shape index (κ2) is 14.5. The maximum absolute atomic E-state index is 5.54. The van der Waals surface area contributed by atoms with E-state index in [1.807, 2.05) is 21.6 Å². The highest BCUT2D eigenvalue weighted by molar-refractivity contribution is 8.76. The molecule has 6 heteroatoms. The fourth-order valence-electron chi connectivity index (χ4n) is 2.39. The second-order valence-electron chi connectivity index (χ2n) is 6.06. The summed E-state index contributed by atoms with van der Waals surface area (Å²) in [6.45, 7) is 4.82. The van der Waals surface area contributed by atoms with E-state index in [0.717, 1.165) is 37.3 Å².